The zero-order valence-corrected chi connectivity index (χ0v) is 13.7. The zero-order chi connectivity index (χ0) is 14.6. The largest absolute Gasteiger partial charge is 0.213 e. The summed E-state index contributed by atoms with van der Waals surface area (Å²) in [7, 11) is -1.45. The van der Waals surface area contributed by atoms with Crippen LogP contribution in [0.25, 0.3) is 0 Å². The molecule has 0 bridgehead atoms. The summed E-state index contributed by atoms with van der Waals surface area (Å²) < 4.78 is 24.7. The van der Waals surface area contributed by atoms with Gasteiger partial charge in [-0.3, -0.25) is 0 Å². The third-order valence-corrected chi connectivity index (χ3v) is 5.48. The minimum Gasteiger partial charge on any atom is -0.212 e. The summed E-state index contributed by atoms with van der Waals surface area (Å²) in [5, 5.41) is 0. The fraction of sp³-hybridized carbons (Fsp3) is 0.933. The number of sulfonamides is 1. The van der Waals surface area contributed by atoms with Crippen LogP contribution in [0.3, 0.4) is 0 Å². The fourth-order valence-electron chi connectivity index (χ4n) is 2.07. The summed E-state index contributed by atoms with van der Waals surface area (Å²) in [4.78, 5) is 0. The van der Waals surface area contributed by atoms with Crippen molar-refractivity contribution < 1.29 is 8.42 Å². The van der Waals surface area contributed by atoms with Crippen LogP contribution in [-0.4, -0.2) is 32.1 Å². The van der Waals surface area contributed by atoms with Crippen LogP contribution in [0.4, 0.5) is 0 Å². The van der Waals surface area contributed by atoms with E-state index in [1.165, 1.54) is 49.3 Å². The van der Waals surface area contributed by atoms with E-state index in [9.17, 15) is 8.42 Å². The fourth-order valence-corrected chi connectivity index (χ4v) is 3.23. The van der Waals surface area contributed by atoms with E-state index in [1.54, 1.807) is 7.05 Å². The maximum atomic E-state index is 11.7. The van der Waals surface area contributed by atoms with Crippen molar-refractivity contribution in [1.29, 1.82) is 0 Å². The second-order valence-corrected chi connectivity index (χ2v) is 7.51. The second kappa shape index (κ2) is 11.7. The van der Waals surface area contributed by atoms with Crippen LogP contribution in [0.5, 0.6) is 0 Å². The molecule has 0 amide bonds. The van der Waals surface area contributed by atoms with Gasteiger partial charge in [0.15, 0.2) is 0 Å². The molecule has 0 aliphatic rings. The molecule has 0 heterocycles. The molecule has 0 rings (SSSR count). The SMILES string of the molecule is [CH2]CN(C)S(=O)(=O)CCCCCCCCCCCC. The Bertz CT molecular complexity index is 289. The monoisotopic (exact) mass is 290 g/mol. The van der Waals surface area contributed by atoms with Crippen molar-refractivity contribution >= 4 is 10.0 Å². The number of hydrogen-bond acceptors (Lipinski definition) is 2. The Morgan fingerprint density at radius 3 is 1.68 bits per heavy atom. The van der Waals surface area contributed by atoms with Gasteiger partial charge in [0.25, 0.3) is 0 Å². The Balaban J connectivity index is 3.36. The predicted molar refractivity (Wildman–Crippen MR) is 83.6 cm³/mol. The van der Waals surface area contributed by atoms with Gasteiger partial charge in [-0.05, 0) is 13.3 Å². The Labute approximate surface area is 120 Å². The molecule has 0 aromatic heterocycles. The number of rotatable bonds is 13. The molecular formula is C15H32NO2S. The molecule has 0 aromatic carbocycles. The normalized spacial score (nSPS) is 12.2. The minimum atomic E-state index is -3.05. The van der Waals surface area contributed by atoms with E-state index >= 15 is 0 Å². The van der Waals surface area contributed by atoms with Gasteiger partial charge in [0.05, 0.1) is 5.75 Å². The van der Waals surface area contributed by atoms with Gasteiger partial charge in [-0.1, -0.05) is 64.7 Å². The molecule has 0 N–H and O–H groups in total. The lowest BCUT2D eigenvalue weighted by atomic mass is 10.1. The van der Waals surface area contributed by atoms with Crippen molar-refractivity contribution in [3.8, 4) is 0 Å². The van der Waals surface area contributed by atoms with Gasteiger partial charge in [-0.2, -0.15) is 0 Å². The van der Waals surface area contributed by atoms with Crippen LogP contribution in [0, 0.1) is 6.92 Å². The Morgan fingerprint density at radius 1 is 0.842 bits per heavy atom. The van der Waals surface area contributed by atoms with Crippen molar-refractivity contribution in [3.05, 3.63) is 6.92 Å². The summed E-state index contributed by atoms with van der Waals surface area (Å²) in [5.74, 6) is 0.273. The summed E-state index contributed by atoms with van der Waals surface area (Å²) in [6.07, 6.45) is 12.2. The highest BCUT2D eigenvalue weighted by Crippen LogP contribution is 2.11. The molecule has 0 atom stereocenters. The maximum absolute atomic E-state index is 11.7. The molecule has 0 saturated heterocycles. The molecule has 0 fully saturated rings. The molecular weight excluding hydrogens is 258 g/mol. The van der Waals surface area contributed by atoms with Crippen LogP contribution in [-0.2, 0) is 10.0 Å². The highest BCUT2D eigenvalue weighted by Gasteiger charge is 2.14. The number of nitrogens with zero attached hydrogens (tertiary/aromatic N) is 1. The summed E-state index contributed by atoms with van der Waals surface area (Å²) in [6.45, 7) is 6.15. The van der Waals surface area contributed by atoms with Gasteiger partial charge in [0.2, 0.25) is 10.0 Å². The standard InChI is InChI=1S/C15H32NO2S/c1-4-6-7-8-9-10-11-12-13-14-15-19(17,18)16(3)5-2/h2,4-15H2,1,3H3. The van der Waals surface area contributed by atoms with Crippen LogP contribution in [0.1, 0.15) is 71.1 Å². The van der Waals surface area contributed by atoms with Crippen LogP contribution in [0.2, 0.25) is 0 Å². The average Bonchev–Trinajstić information content (AvgIpc) is 2.39. The molecule has 19 heavy (non-hydrogen) atoms. The maximum Gasteiger partial charge on any atom is 0.213 e. The molecule has 115 valence electrons. The highest BCUT2D eigenvalue weighted by atomic mass is 32.2. The third-order valence-electron chi connectivity index (χ3n) is 3.55. The molecule has 0 spiro atoms. The molecule has 0 saturated carbocycles. The molecule has 0 aliphatic heterocycles. The van der Waals surface area contributed by atoms with Gasteiger partial charge < -0.3 is 0 Å². The number of hydrogen-bond donors (Lipinski definition) is 0. The number of unbranched alkanes of at least 4 members (excludes halogenated alkanes) is 9. The molecule has 1 radical (unpaired) electrons. The van der Waals surface area contributed by atoms with Crippen molar-refractivity contribution in [2.45, 2.75) is 71.1 Å². The smallest absolute Gasteiger partial charge is 0.212 e. The summed E-state index contributed by atoms with van der Waals surface area (Å²) in [5.41, 5.74) is 0. The predicted octanol–water partition coefficient (Wildman–Crippen LogP) is 4.00. The lowest BCUT2D eigenvalue weighted by molar-refractivity contribution is 0.493. The molecule has 0 unspecified atom stereocenters. The van der Waals surface area contributed by atoms with Crippen molar-refractivity contribution in [1.82, 2.24) is 4.31 Å². The van der Waals surface area contributed by atoms with Gasteiger partial charge in [-0.25, -0.2) is 12.7 Å². The van der Waals surface area contributed by atoms with E-state index in [0.29, 0.717) is 6.54 Å². The van der Waals surface area contributed by atoms with Gasteiger partial charge in [0, 0.05) is 13.6 Å². The van der Waals surface area contributed by atoms with Crippen molar-refractivity contribution in [3.63, 3.8) is 0 Å². The van der Waals surface area contributed by atoms with Crippen LogP contribution in [0.15, 0.2) is 0 Å². The quantitative estimate of drug-likeness (QED) is 0.481. The second-order valence-electron chi connectivity index (χ2n) is 5.32. The van der Waals surface area contributed by atoms with E-state index < -0.39 is 10.0 Å². The molecule has 4 heteroatoms. The van der Waals surface area contributed by atoms with E-state index in [4.69, 9.17) is 0 Å². The molecule has 0 aliphatic carbocycles. The van der Waals surface area contributed by atoms with E-state index in [2.05, 4.69) is 13.8 Å². The van der Waals surface area contributed by atoms with E-state index in [-0.39, 0.29) is 5.75 Å². The van der Waals surface area contributed by atoms with Gasteiger partial charge in [0.1, 0.15) is 0 Å². The lowest BCUT2D eigenvalue weighted by Crippen LogP contribution is -2.29. The van der Waals surface area contributed by atoms with Gasteiger partial charge >= 0.3 is 0 Å². The van der Waals surface area contributed by atoms with Crippen molar-refractivity contribution in [2.24, 2.45) is 0 Å². The first-order chi connectivity index (χ1) is 9.04. The molecule has 3 nitrogen and oxygen atoms in total. The van der Waals surface area contributed by atoms with Crippen molar-refractivity contribution in [2.75, 3.05) is 19.3 Å². The van der Waals surface area contributed by atoms with Crippen LogP contribution < -0.4 is 0 Å². The Hall–Kier alpha value is -0.0900. The first-order valence-corrected chi connectivity index (χ1v) is 9.38. The van der Waals surface area contributed by atoms with E-state index in [0.717, 1.165) is 19.3 Å². The Morgan fingerprint density at radius 2 is 1.26 bits per heavy atom. The van der Waals surface area contributed by atoms with Crippen LogP contribution >= 0.6 is 0 Å². The third kappa shape index (κ3) is 10.4. The summed E-state index contributed by atoms with van der Waals surface area (Å²) >= 11 is 0. The first kappa shape index (κ1) is 18.9. The lowest BCUT2D eigenvalue weighted by Gasteiger charge is -2.14. The zero-order valence-electron chi connectivity index (χ0n) is 12.9. The Kier molecular flexibility index (Phi) is 11.7. The average molecular weight is 290 g/mol. The highest BCUT2D eigenvalue weighted by molar-refractivity contribution is 7.89. The summed E-state index contributed by atoms with van der Waals surface area (Å²) in [6, 6.07) is 0. The van der Waals surface area contributed by atoms with E-state index in [1.807, 2.05) is 0 Å². The first-order valence-electron chi connectivity index (χ1n) is 7.78. The van der Waals surface area contributed by atoms with Gasteiger partial charge in [-0.15, -0.1) is 0 Å². The topological polar surface area (TPSA) is 37.4 Å². The molecule has 0 aromatic rings. The minimum absolute atomic E-state index is 0.273.